The summed E-state index contributed by atoms with van der Waals surface area (Å²) in [5.74, 6) is -2.86. The molecule has 4 aromatic rings. The topological polar surface area (TPSA) is 76.4 Å². The highest BCUT2D eigenvalue weighted by molar-refractivity contribution is 6.04. The lowest BCUT2D eigenvalue weighted by molar-refractivity contribution is -0.00825. The molecule has 3 aromatic carbocycles. The van der Waals surface area contributed by atoms with Gasteiger partial charge in [-0.2, -0.15) is 4.73 Å². The maximum Gasteiger partial charge on any atom is 0.277 e. The van der Waals surface area contributed by atoms with Gasteiger partial charge in [-0.1, -0.05) is 43.3 Å². The minimum absolute atomic E-state index is 0.0944. The largest absolute Gasteiger partial charge is 0.496 e. The summed E-state index contributed by atoms with van der Waals surface area (Å²) in [4.78, 5) is 17.6. The van der Waals surface area contributed by atoms with Gasteiger partial charge in [-0.15, -0.1) is 0 Å². The summed E-state index contributed by atoms with van der Waals surface area (Å²) in [5, 5.41) is 13.7. The Hall–Kier alpha value is -4.46. The second-order valence-electron chi connectivity index (χ2n) is 9.72. The summed E-state index contributed by atoms with van der Waals surface area (Å²) in [6, 6.07) is 15.1. The van der Waals surface area contributed by atoms with E-state index in [-0.39, 0.29) is 34.9 Å². The van der Waals surface area contributed by atoms with E-state index in [1.165, 1.54) is 31.2 Å². The van der Waals surface area contributed by atoms with E-state index in [1.54, 1.807) is 26.2 Å². The summed E-state index contributed by atoms with van der Waals surface area (Å²) in [6.07, 6.45) is 3.67. The number of amides is 1. The third-order valence-corrected chi connectivity index (χ3v) is 6.87. The van der Waals surface area contributed by atoms with E-state index >= 15 is 0 Å². The number of carbonyl (C=O) groups is 1. The molecule has 0 saturated heterocycles. The number of methoxy groups -OCH3 is 1. The molecule has 0 saturated carbocycles. The van der Waals surface area contributed by atoms with Gasteiger partial charge in [0.1, 0.15) is 5.75 Å². The van der Waals surface area contributed by atoms with Crippen molar-refractivity contribution >= 4 is 17.7 Å². The van der Waals surface area contributed by atoms with Crippen molar-refractivity contribution in [2.24, 2.45) is 0 Å². The first-order chi connectivity index (χ1) is 19.0. The number of carbonyl (C=O) groups excluding carboxylic acids is 1. The molecule has 1 aromatic heterocycles. The van der Waals surface area contributed by atoms with Crippen LogP contribution in [0.3, 0.4) is 0 Å². The minimum atomic E-state index is -3.02. The number of aromatic nitrogens is 2. The summed E-state index contributed by atoms with van der Waals surface area (Å²) in [5.41, 5.74) is 5.79. The van der Waals surface area contributed by atoms with Crippen molar-refractivity contribution < 1.29 is 23.5 Å². The molecule has 0 radical (unpaired) electrons. The average Bonchev–Trinajstić information content (AvgIpc) is 3.22. The Balaban J connectivity index is 1.73. The zero-order chi connectivity index (χ0) is 29.2. The van der Waals surface area contributed by atoms with Gasteiger partial charge in [-0.05, 0) is 80.3 Å². The number of hydrogen-bond donors (Lipinski definition) is 2. The number of halogens is 2. The predicted octanol–water partition coefficient (Wildman–Crippen LogP) is 8.18. The van der Waals surface area contributed by atoms with Gasteiger partial charge < -0.3 is 15.3 Å². The van der Waals surface area contributed by atoms with Gasteiger partial charge in [0.25, 0.3) is 11.8 Å². The zero-order valence-corrected chi connectivity index (χ0v) is 23.5. The molecule has 0 atom stereocenters. The maximum absolute atomic E-state index is 14.2. The van der Waals surface area contributed by atoms with Crippen LogP contribution in [0, 0.1) is 20.8 Å². The number of alkyl halides is 2. The van der Waals surface area contributed by atoms with Crippen molar-refractivity contribution in [1.82, 2.24) is 9.71 Å². The zero-order valence-electron chi connectivity index (χ0n) is 23.5. The number of allylic oxidation sites excluding steroid dienone is 1. The highest BCUT2D eigenvalue weighted by Crippen LogP contribution is 2.38. The monoisotopic (exact) mass is 545 g/mol. The van der Waals surface area contributed by atoms with Crippen LogP contribution in [0.5, 0.6) is 5.75 Å². The van der Waals surface area contributed by atoms with Crippen LogP contribution in [0.25, 0.3) is 28.6 Å². The number of ether oxygens (including phenoxy) is 1. The normalized spacial score (nSPS) is 11.7. The van der Waals surface area contributed by atoms with Crippen molar-refractivity contribution in [3.05, 3.63) is 94.3 Å². The number of benzene rings is 3. The van der Waals surface area contributed by atoms with Gasteiger partial charge in [-0.3, -0.25) is 4.79 Å². The molecular weight excluding hydrogens is 512 g/mol. The van der Waals surface area contributed by atoms with E-state index in [0.29, 0.717) is 11.3 Å². The lowest BCUT2D eigenvalue weighted by atomic mass is 9.91. The van der Waals surface area contributed by atoms with E-state index < -0.39 is 11.8 Å². The average molecular weight is 546 g/mol. The van der Waals surface area contributed by atoms with E-state index in [4.69, 9.17) is 4.74 Å². The fourth-order valence-corrected chi connectivity index (χ4v) is 4.94. The molecule has 40 heavy (non-hydrogen) atoms. The van der Waals surface area contributed by atoms with Gasteiger partial charge in [0.05, 0.1) is 12.8 Å². The molecule has 2 N–H and O–H groups in total. The minimum Gasteiger partial charge on any atom is -0.496 e. The Bertz CT molecular complexity index is 1580. The molecular formula is C32H33F2N3O3. The van der Waals surface area contributed by atoms with Crippen LogP contribution >= 0.6 is 0 Å². The first-order valence-corrected chi connectivity index (χ1v) is 13.0. The van der Waals surface area contributed by atoms with Crippen LogP contribution in [0.2, 0.25) is 0 Å². The van der Waals surface area contributed by atoms with E-state index in [2.05, 4.69) is 22.4 Å². The molecule has 1 amide bonds. The fraction of sp³-hybridized carbons (Fsp3) is 0.250. The van der Waals surface area contributed by atoms with E-state index in [9.17, 15) is 18.8 Å². The molecule has 0 unspecified atom stereocenters. The molecule has 0 fully saturated rings. The number of imidazole rings is 1. The van der Waals surface area contributed by atoms with Crippen molar-refractivity contribution in [3.63, 3.8) is 0 Å². The Morgan fingerprint density at radius 2 is 1.80 bits per heavy atom. The summed E-state index contributed by atoms with van der Waals surface area (Å²) < 4.78 is 34.8. The number of hydrogen-bond acceptors (Lipinski definition) is 4. The van der Waals surface area contributed by atoms with E-state index in [1.807, 2.05) is 39.0 Å². The maximum atomic E-state index is 14.2. The molecule has 8 heteroatoms. The lowest BCUT2D eigenvalue weighted by Gasteiger charge is -2.16. The third-order valence-electron chi connectivity index (χ3n) is 6.87. The van der Waals surface area contributed by atoms with E-state index in [0.717, 1.165) is 32.5 Å². The van der Waals surface area contributed by atoms with Crippen LogP contribution < -0.4 is 10.1 Å². The first-order valence-electron chi connectivity index (χ1n) is 13.0. The highest BCUT2D eigenvalue weighted by Gasteiger charge is 2.29. The SMILES string of the molecule is CC=Cc1cc(C)c(-c2cc(-c3nc(C)c(C(=O)Nc4cccc(C(F)(F)CC)c4)n3O)ccc2OC)c(C)c1. The number of rotatable bonds is 8. The molecule has 1 heterocycles. The van der Waals surface area contributed by atoms with Crippen molar-refractivity contribution in [1.29, 1.82) is 0 Å². The molecule has 208 valence electrons. The van der Waals surface area contributed by atoms with Crippen LogP contribution in [0.1, 0.15) is 58.7 Å². The third kappa shape index (κ3) is 5.47. The summed E-state index contributed by atoms with van der Waals surface area (Å²) in [7, 11) is 1.60. The van der Waals surface area contributed by atoms with Gasteiger partial charge in [-0.25, -0.2) is 13.8 Å². The predicted molar refractivity (Wildman–Crippen MR) is 154 cm³/mol. The standard InChI is InChI=1S/C32H33F2N3O3/c1-7-10-22-15-19(3)28(20(4)16-22)26-17-23(13-14-27(26)40-6)30-35-21(5)29(37(30)39)31(38)36-25-12-9-11-24(18-25)32(33,34)8-2/h7,9-18,39H,8H2,1-6H3,(H,36,38). The van der Waals surface area contributed by atoms with Crippen LogP contribution in [0.4, 0.5) is 14.5 Å². The number of anilines is 1. The van der Waals surface area contributed by atoms with Crippen molar-refractivity contribution in [2.45, 2.75) is 47.0 Å². The molecule has 0 bridgehead atoms. The van der Waals surface area contributed by atoms with Crippen molar-refractivity contribution in [2.75, 3.05) is 12.4 Å². The lowest BCUT2D eigenvalue weighted by Crippen LogP contribution is -2.18. The Kier molecular flexibility index (Phi) is 8.09. The molecule has 4 rings (SSSR count). The van der Waals surface area contributed by atoms with Gasteiger partial charge in [0.2, 0.25) is 0 Å². The van der Waals surface area contributed by atoms with Gasteiger partial charge >= 0.3 is 0 Å². The molecule has 0 aliphatic carbocycles. The number of nitrogens with one attached hydrogen (secondary N) is 1. The Labute approximate surface area is 232 Å². The summed E-state index contributed by atoms with van der Waals surface area (Å²) in [6.45, 7) is 9.04. The Morgan fingerprint density at radius 3 is 2.42 bits per heavy atom. The summed E-state index contributed by atoms with van der Waals surface area (Å²) >= 11 is 0. The first kappa shape index (κ1) is 28.5. The smallest absolute Gasteiger partial charge is 0.277 e. The van der Waals surface area contributed by atoms with Crippen molar-refractivity contribution in [3.8, 4) is 28.3 Å². The molecule has 0 aliphatic heterocycles. The highest BCUT2D eigenvalue weighted by atomic mass is 19.3. The fourth-order valence-electron chi connectivity index (χ4n) is 4.94. The van der Waals surface area contributed by atoms with Gasteiger partial charge in [0, 0.05) is 28.8 Å². The van der Waals surface area contributed by atoms with Gasteiger partial charge in [0.15, 0.2) is 11.5 Å². The van der Waals surface area contributed by atoms with Crippen LogP contribution in [-0.2, 0) is 5.92 Å². The second kappa shape index (κ2) is 11.3. The second-order valence-corrected chi connectivity index (χ2v) is 9.72. The van der Waals surface area contributed by atoms with Crippen LogP contribution in [-0.4, -0.2) is 27.9 Å². The number of aryl methyl sites for hydroxylation is 3. The quantitative estimate of drug-likeness (QED) is 0.219. The molecule has 6 nitrogen and oxygen atoms in total. The Morgan fingerprint density at radius 1 is 1.10 bits per heavy atom. The van der Waals surface area contributed by atoms with Crippen LogP contribution in [0.15, 0.2) is 60.7 Å². The molecule has 0 spiro atoms. The number of nitrogens with zero attached hydrogens (tertiary/aromatic N) is 2. The molecule has 0 aliphatic rings.